The third-order valence-electron chi connectivity index (χ3n) is 3.83. The minimum atomic E-state index is -4.40. The first-order valence-corrected chi connectivity index (χ1v) is 7.26. The summed E-state index contributed by atoms with van der Waals surface area (Å²) in [4.78, 5) is 4.01. The molecular weight excluding hydrogens is 317 g/mol. The summed E-state index contributed by atoms with van der Waals surface area (Å²) >= 11 is 0. The second-order valence-corrected chi connectivity index (χ2v) is 5.61. The number of ether oxygens (including phenoxy) is 1. The average molecular weight is 332 g/mol. The monoisotopic (exact) mass is 332 g/mol. The van der Waals surface area contributed by atoms with Gasteiger partial charge >= 0.3 is 6.18 Å². The molecule has 0 fully saturated rings. The molecule has 1 aromatic heterocycles. The molecule has 0 amide bonds. The zero-order valence-electron chi connectivity index (χ0n) is 13.1. The lowest BCUT2D eigenvalue weighted by Crippen LogP contribution is -2.04. The predicted octanol–water partition coefficient (Wildman–Crippen LogP) is 5.24. The molecule has 2 N–H and O–H groups in total. The second kappa shape index (κ2) is 5.70. The zero-order chi connectivity index (χ0) is 17.5. The largest absolute Gasteiger partial charge is 0.457 e. The van der Waals surface area contributed by atoms with Crippen LogP contribution in [0.1, 0.15) is 16.7 Å². The van der Waals surface area contributed by atoms with Crippen LogP contribution >= 0.6 is 0 Å². The third kappa shape index (κ3) is 2.99. The number of fused-ring (bicyclic) bond motifs is 1. The number of aryl methyl sites for hydroxylation is 2. The number of aromatic nitrogens is 1. The fraction of sp³-hybridized carbons (Fsp3) is 0.167. The maximum Gasteiger partial charge on any atom is 0.416 e. The van der Waals surface area contributed by atoms with Gasteiger partial charge in [0.15, 0.2) is 0 Å². The first kappa shape index (κ1) is 16.1. The number of benzene rings is 2. The maximum absolute atomic E-state index is 12.8. The van der Waals surface area contributed by atoms with Crippen molar-refractivity contribution in [2.75, 3.05) is 5.73 Å². The van der Waals surface area contributed by atoms with Gasteiger partial charge in [-0.2, -0.15) is 13.2 Å². The van der Waals surface area contributed by atoms with Crippen LogP contribution in [0.25, 0.3) is 10.9 Å². The molecule has 0 radical (unpaired) electrons. The normalized spacial score (nSPS) is 11.7. The van der Waals surface area contributed by atoms with Gasteiger partial charge in [0.25, 0.3) is 0 Å². The van der Waals surface area contributed by atoms with Crippen LogP contribution < -0.4 is 10.5 Å². The number of alkyl halides is 3. The topological polar surface area (TPSA) is 48.1 Å². The molecule has 1 heterocycles. The number of nitrogen functional groups attached to an aromatic ring is 1. The van der Waals surface area contributed by atoms with E-state index in [9.17, 15) is 13.2 Å². The summed E-state index contributed by atoms with van der Waals surface area (Å²) < 4.78 is 44.3. The minimum Gasteiger partial charge on any atom is -0.457 e. The highest BCUT2D eigenvalue weighted by Crippen LogP contribution is 2.35. The number of hydrogen-bond acceptors (Lipinski definition) is 3. The van der Waals surface area contributed by atoms with Crippen LogP contribution in [0.2, 0.25) is 0 Å². The highest BCUT2D eigenvalue weighted by molar-refractivity contribution is 5.85. The summed E-state index contributed by atoms with van der Waals surface area (Å²) in [6.45, 7) is 3.74. The summed E-state index contributed by atoms with van der Waals surface area (Å²) in [6.07, 6.45) is -2.98. The molecule has 3 nitrogen and oxygen atoms in total. The molecule has 0 saturated heterocycles. The Morgan fingerprint density at radius 3 is 2.29 bits per heavy atom. The molecule has 0 aliphatic rings. The summed E-state index contributed by atoms with van der Waals surface area (Å²) in [5.74, 6) is 1.02. The molecule has 0 bridgehead atoms. The Kier molecular flexibility index (Phi) is 3.83. The van der Waals surface area contributed by atoms with Crippen molar-refractivity contribution in [2.24, 2.45) is 0 Å². The highest BCUT2D eigenvalue weighted by Gasteiger charge is 2.30. The Labute approximate surface area is 136 Å². The SMILES string of the molecule is Cc1cc(Oc2ccnc3cc(C(F)(F)F)ccc23)cc(C)c1N. The molecule has 124 valence electrons. The van der Waals surface area contributed by atoms with Crippen molar-refractivity contribution < 1.29 is 17.9 Å². The van der Waals surface area contributed by atoms with Crippen LogP contribution in [0.5, 0.6) is 11.5 Å². The Morgan fingerprint density at radius 1 is 1.00 bits per heavy atom. The number of nitrogens with two attached hydrogens (primary N) is 1. The second-order valence-electron chi connectivity index (χ2n) is 5.61. The fourth-order valence-electron chi connectivity index (χ4n) is 2.51. The van der Waals surface area contributed by atoms with Gasteiger partial charge < -0.3 is 10.5 Å². The lowest BCUT2D eigenvalue weighted by atomic mass is 10.1. The van der Waals surface area contributed by atoms with Gasteiger partial charge in [-0.3, -0.25) is 4.98 Å². The van der Waals surface area contributed by atoms with E-state index in [1.165, 1.54) is 12.3 Å². The summed E-state index contributed by atoms with van der Waals surface area (Å²) in [6, 6.07) is 8.61. The van der Waals surface area contributed by atoms with Crippen LogP contribution in [0.15, 0.2) is 42.6 Å². The van der Waals surface area contributed by atoms with Gasteiger partial charge in [0.1, 0.15) is 11.5 Å². The van der Waals surface area contributed by atoms with Gasteiger partial charge in [-0.1, -0.05) is 0 Å². The van der Waals surface area contributed by atoms with E-state index in [4.69, 9.17) is 10.5 Å². The minimum absolute atomic E-state index is 0.228. The van der Waals surface area contributed by atoms with E-state index in [2.05, 4.69) is 4.98 Å². The number of halogens is 3. The van der Waals surface area contributed by atoms with Crippen LogP contribution in [0, 0.1) is 13.8 Å². The van der Waals surface area contributed by atoms with Crippen LogP contribution in [-0.4, -0.2) is 4.98 Å². The molecule has 0 unspecified atom stereocenters. The quantitative estimate of drug-likeness (QED) is 0.652. The van der Waals surface area contributed by atoms with E-state index in [0.29, 0.717) is 22.6 Å². The molecule has 0 atom stereocenters. The van der Waals surface area contributed by atoms with Crippen LogP contribution in [0.4, 0.5) is 18.9 Å². The van der Waals surface area contributed by atoms with Crippen molar-refractivity contribution in [2.45, 2.75) is 20.0 Å². The van der Waals surface area contributed by atoms with Crippen molar-refractivity contribution in [3.05, 3.63) is 59.3 Å². The van der Waals surface area contributed by atoms with Gasteiger partial charge in [-0.25, -0.2) is 0 Å². The van der Waals surface area contributed by atoms with Gasteiger partial charge in [0.2, 0.25) is 0 Å². The zero-order valence-corrected chi connectivity index (χ0v) is 13.1. The fourth-order valence-corrected chi connectivity index (χ4v) is 2.51. The van der Waals surface area contributed by atoms with Crippen LogP contribution in [0.3, 0.4) is 0 Å². The van der Waals surface area contributed by atoms with E-state index in [1.807, 2.05) is 13.8 Å². The Bertz CT molecular complexity index is 897. The maximum atomic E-state index is 12.8. The van der Waals surface area contributed by atoms with E-state index >= 15 is 0 Å². The first-order valence-electron chi connectivity index (χ1n) is 7.26. The van der Waals surface area contributed by atoms with Gasteiger partial charge in [0, 0.05) is 17.3 Å². The van der Waals surface area contributed by atoms with Gasteiger partial charge in [-0.15, -0.1) is 0 Å². The molecule has 0 aliphatic carbocycles. The van der Waals surface area contributed by atoms with E-state index in [1.54, 1.807) is 18.2 Å². The van der Waals surface area contributed by atoms with Crippen molar-refractivity contribution in [3.63, 3.8) is 0 Å². The van der Waals surface area contributed by atoms with Crippen molar-refractivity contribution in [1.29, 1.82) is 0 Å². The Balaban J connectivity index is 2.04. The predicted molar refractivity (Wildman–Crippen MR) is 87.1 cm³/mol. The molecule has 0 spiro atoms. The summed E-state index contributed by atoms with van der Waals surface area (Å²) in [5.41, 5.74) is 7.86. The van der Waals surface area contributed by atoms with Crippen molar-refractivity contribution >= 4 is 16.6 Å². The van der Waals surface area contributed by atoms with Gasteiger partial charge in [0.05, 0.1) is 11.1 Å². The number of nitrogens with zero attached hydrogens (tertiary/aromatic N) is 1. The molecule has 3 rings (SSSR count). The highest BCUT2D eigenvalue weighted by atomic mass is 19.4. The Morgan fingerprint density at radius 2 is 1.67 bits per heavy atom. The standard InChI is InChI=1S/C18H15F3N2O/c1-10-7-13(8-11(2)17(10)22)24-16-5-6-23-15-9-12(18(19,20)21)3-4-14(15)16/h3-9H,22H2,1-2H3. The number of anilines is 1. The lowest BCUT2D eigenvalue weighted by Gasteiger charge is -2.13. The molecule has 6 heteroatoms. The van der Waals surface area contributed by atoms with Crippen molar-refractivity contribution in [1.82, 2.24) is 4.98 Å². The van der Waals surface area contributed by atoms with Gasteiger partial charge in [-0.05, 0) is 61.4 Å². The summed E-state index contributed by atoms with van der Waals surface area (Å²) in [7, 11) is 0. The average Bonchev–Trinajstić information content (AvgIpc) is 2.51. The summed E-state index contributed by atoms with van der Waals surface area (Å²) in [5, 5.41) is 0.512. The van der Waals surface area contributed by atoms with E-state index in [0.717, 1.165) is 23.3 Å². The lowest BCUT2D eigenvalue weighted by molar-refractivity contribution is -0.137. The number of hydrogen-bond donors (Lipinski definition) is 1. The molecule has 3 aromatic rings. The Hall–Kier alpha value is -2.76. The van der Waals surface area contributed by atoms with E-state index < -0.39 is 11.7 Å². The molecule has 24 heavy (non-hydrogen) atoms. The molecular formula is C18H15F3N2O. The van der Waals surface area contributed by atoms with Crippen LogP contribution in [-0.2, 0) is 6.18 Å². The number of rotatable bonds is 2. The smallest absolute Gasteiger partial charge is 0.416 e. The first-order chi connectivity index (χ1) is 11.3. The molecule has 0 aliphatic heterocycles. The molecule has 2 aromatic carbocycles. The van der Waals surface area contributed by atoms with E-state index in [-0.39, 0.29) is 5.52 Å². The molecule has 0 saturated carbocycles. The van der Waals surface area contributed by atoms with Crippen molar-refractivity contribution in [3.8, 4) is 11.5 Å². The number of pyridine rings is 1. The third-order valence-corrected chi connectivity index (χ3v) is 3.83.